The van der Waals surface area contributed by atoms with Gasteiger partial charge in [-0.05, 0) is 48.9 Å². The summed E-state index contributed by atoms with van der Waals surface area (Å²) in [5.74, 6) is -0.253. The van der Waals surface area contributed by atoms with Gasteiger partial charge in [0.1, 0.15) is 6.61 Å². The number of thiophene rings is 1. The van der Waals surface area contributed by atoms with Crippen LogP contribution >= 0.6 is 11.3 Å². The van der Waals surface area contributed by atoms with E-state index in [0.29, 0.717) is 5.56 Å². The largest absolute Gasteiger partial charge is 0.457 e. The molecule has 0 saturated heterocycles. The Labute approximate surface area is 127 Å². The minimum absolute atomic E-state index is 0.207. The van der Waals surface area contributed by atoms with Crippen LogP contribution in [0, 0.1) is 11.3 Å². The maximum absolute atomic E-state index is 12.2. The van der Waals surface area contributed by atoms with Crippen LogP contribution in [0.25, 0.3) is 0 Å². The molecule has 21 heavy (non-hydrogen) atoms. The third-order valence-corrected chi connectivity index (χ3v) is 4.80. The van der Waals surface area contributed by atoms with Crippen LogP contribution < -0.4 is 0 Å². The number of ether oxygens (including phenoxy) is 1. The maximum atomic E-state index is 12.2. The highest BCUT2D eigenvalue weighted by atomic mass is 32.1. The molecule has 1 heterocycles. The van der Waals surface area contributed by atoms with Crippen molar-refractivity contribution in [1.29, 1.82) is 5.26 Å². The number of carbonyl (C=O) groups excluding carboxylic acids is 1. The third kappa shape index (κ3) is 2.98. The molecule has 0 N–H and O–H groups in total. The van der Waals surface area contributed by atoms with E-state index in [1.807, 2.05) is 11.4 Å². The fraction of sp³-hybridized carbons (Fsp3) is 0.294. The Kier molecular flexibility index (Phi) is 4.03. The second-order valence-electron chi connectivity index (χ2n) is 5.15. The lowest BCUT2D eigenvalue weighted by Crippen LogP contribution is -2.09. The summed E-state index contributed by atoms with van der Waals surface area (Å²) in [5.41, 5.74) is 3.33. The summed E-state index contributed by atoms with van der Waals surface area (Å²) in [4.78, 5) is 13.6. The van der Waals surface area contributed by atoms with Gasteiger partial charge in [-0.25, -0.2) is 4.79 Å². The Morgan fingerprint density at radius 3 is 3.05 bits per heavy atom. The van der Waals surface area contributed by atoms with Crippen molar-refractivity contribution in [3.05, 3.63) is 56.8 Å². The van der Waals surface area contributed by atoms with E-state index in [1.54, 1.807) is 29.5 Å². The number of aryl methyl sites for hydroxylation is 1. The molecule has 3 nitrogen and oxygen atoms in total. The SMILES string of the molecule is N#Cc1cccc(COC(=O)c2csc3c2CCCC3)c1. The summed E-state index contributed by atoms with van der Waals surface area (Å²) in [6.07, 6.45) is 4.42. The van der Waals surface area contributed by atoms with Gasteiger partial charge in [0.2, 0.25) is 0 Å². The molecule has 0 spiro atoms. The molecular formula is C17H15NO2S. The van der Waals surface area contributed by atoms with Gasteiger partial charge in [0, 0.05) is 10.3 Å². The van der Waals surface area contributed by atoms with E-state index in [2.05, 4.69) is 6.07 Å². The number of hydrogen-bond acceptors (Lipinski definition) is 4. The highest BCUT2D eigenvalue weighted by molar-refractivity contribution is 7.10. The first-order valence-electron chi connectivity index (χ1n) is 7.03. The lowest BCUT2D eigenvalue weighted by molar-refractivity contribution is 0.0472. The first kappa shape index (κ1) is 13.8. The third-order valence-electron chi connectivity index (χ3n) is 3.71. The van der Waals surface area contributed by atoms with Gasteiger partial charge in [0.05, 0.1) is 17.2 Å². The Bertz CT molecular complexity index is 712. The monoisotopic (exact) mass is 297 g/mol. The van der Waals surface area contributed by atoms with Crippen LogP contribution in [0.3, 0.4) is 0 Å². The van der Waals surface area contributed by atoms with E-state index in [9.17, 15) is 4.79 Å². The van der Waals surface area contributed by atoms with Crippen LogP contribution in [-0.4, -0.2) is 5.97 Å². The Morgan fingerprint density at radius 1 is 1.33 bits per heavy atom. The van der Waals surface area contributed by atoms with Crippen LogP contribution in [0.15, 0.2) is 29.6 Å². The molecule has 0 saturated carbocycles. The predicted octanol–water partition coefficient (Wildman–Crippen LogP) is 3.86. The molecule has 0 fully saturated rings. The summed E-state index contributed by atoms with van der Waals surface area (Å²) in [5, 5.41) is 10.8. The topological polar surface area (TPSA) is 50.1 Å². The average molecular weight is 297 g/mol. The first-order valence-corrected chi connectivity index (χ1v) is 7.91. The van der Waals surface area contributed by atoms with Gasteiger partial charge in [0.25, 0.3) is 0 Å². The number of hydrogen-bond donors (Lipinski definition) is 0. The zero-order valence-electron chi connectivity index (χ0n) is 11.6. The highest BCUT2D eigenvalue weighted by Gasteiger charge is 2.21. The van der Waals surface area contributed by atoms with Gasteiger partial charge in [-0.15, -0.1) is 11.3 Å². The first-order chi connectivity index (χ1) is 10.3. The number of fused-ring (bicyclic) bond motifs is 1. The smallest absolute Gasteiger partial charge is 0.339 e. The Morgan fingerprint density at radius 2 is 2.19 bits per heavy atom. The van der Waals surface area contributed by atoms with Crippen molar-refractivity contribution in [2.75, 3.05) is 0 Å². The molecule has 0 aliphatic heterocycles. The quantitative estimate of drug-likeness (QED) is 0.808. The Hall–Kier alpha value is -2.12. The number of esters is 1. The van der Waals surface area contributed by atoms with E-state index in [0.717, 1.165) is 30.4 Å². The van der Waals surface area contributed by atoms with Crippen LogP contribution in [0.1, 0.15) is 44.8 Å². The summed E-state index contributed by atoms with van der Waals surface area (Å²) in [6, 6.07) is 9.23. The number of carbonyl (C=O) groups is 1. The van der Waals surface area contributed by atoms with E-state index >= 15 is 0 Å². The second kappa shape index (κ2) is 6.11. The van der Waals surface area contributed by atoms with Gasteiger partial charge < -0.3 is 4.74 Å². The van der Waals surface area contributed by atoms with Crippen molar-refractivity contribution in [3.63, 3.8) is 0 Å². The fourth-order valence-corrected chi connectivity index (χ4v) is 3.74. The van der Waals surface area contributed by atoms with Gasteiger partial charge in [-0.1, -0.05) is 12.1 Å². The van der Waals surface area contributed by atoms with Crippen LogP contribution in [0.4, 0.5) is 0 Å². The zero-order chi connectivity index (χ0) is 14.7. The van der Waals surface area contributed by atoms with Crippen molar-refractivity contribution in [3.8, 4) is 6.07 Å². The minimum Gasteiger partial charge on any atom is -0.457 e. The molecule has 1 aliphatic carbocycles. The Balaban J connectivity index is 1.69. The van der Waals surface area contributed by atoms with Crippen LogP contribution in [0.2, 0.25) is 0 Å². The predicted molar refractivity (Wildman–Crippen MR) is 81.2 cm³/mol. The molecule has 1 aromatic carbocycles. The molecule has 0 atom stereocenters. The molecule has 106 valence electrons. The van der Waals surface area contributed by atoms with Gasteiger partial charge in [-0.2, -0.15) is 5.26 Å². The van der Waals surface area contributed by atoms with Crippen LogP contribution in [0.5, 0.6) is 0 Å². The van der Waals surface area contributed by atoms with Gasteiger partial charge in [-0.3, -0.25) is 0 Å². The molecule has 2 aromatic rings. The van der Waals surface area contributed by atoms with Crippen molar-refractivity contribution in [2.24, 2.45) is 0 Å². The van der Waals surface area contributed by atoms with Gasteiger partial charge >= 0.3 is 5.97 Å². The van der Waals surface area contributed by atoms with Crippen molar-refractivity contribution >= 4 is 17.3 Å². The van der Waals surface area contributed by atoms with Crippen molar-refractivity contribution in [2.45, 2.75) is 32.3 Å². The lowest BCUT2D eigenvalue weighted by atomic mass is 9.96. The van der Waals surface area contributed by atoms with E-state index in [4.69, 9.17) is 10.00 Å². The molecule has 0 unspecified atom stereocenters. The molecule has 3 rings (SSSR count). The van der Waals surface area contributed by atoms with Gasteiger partial charge in [0.15, 0.2) is 0 Å². The zero-order valence-corrected chi connectivity index (χ0v) is 12.4. The van der Waals surface area contributed by atoms with Crippen molar-refractivity contribution < 1.29 is 9.53 Å². The average Bonchev–Trinajstić information content (AvgIpc) is 2.97. The highest BCUT2D eigenvalue weighted by Crippen LogP contribution is 2.30. The fourth-order valence-electron chi connectivity index (χ4n) is 2.62. The summed E-state index contributed by atoms with van der Waals surface area (Å²) in [6.45, 7) is 0.207. The molecule has 0 bridgehead atoms. The number of rotatable bonds is 3. The second-order valence-corrected chi connectivity index (χ2v) is 6.11. The minimum atomic E-state index is -0.253. The molecule has 0 radical (unpaired) electrons. The number of benzene rings is 1. The lowest BCUT2D eigenvalue weighted by Gasteiger charge is -2.12. The number of nitrogens with zero attached hydrogens (tertiary/aromatic N) is 1. The molecule has 1 aromatic heterocycles. The van der Waals surface area contributed by atoms with E-state index < -0.39 is 0 Å². The summed E-state index contributed by atoms with van der Waals surface area (Å²) >= 11 is 1.66. The standard InChI is InChI=1S/C17H15NO2S/c18-9-12-4-3-5-13(8-12)10-20-17(19)15-11-21-16-7-2-1-6-14(15)16/h3-5,8,11H,1-2,6-7,10H2. The van der Waals surface area contributed by atoms with Crippen molar-refractivity contribution in [1.82, 2.24) is 0 Å². The van der Waals surface area contributed by atoms with Crippen LogP contribution in [-0.2, 0) is 24.2 Å². The molecule has 1 aliphatic rings. The normalized spacial score (nSPS) is 13.3. The molecular weight excluding hydrogens is 282 g/mol. The summed E-state index contributed by atoms with van der Waals surface area (Å²) in [7, 11) is 0. The molecule has 4 heteroatoms. The number of nitriles is 1. The van der Waals surface area contributed by atoms with E-state index in [-0.39, 0.29) is 12.6 Å². The maximum Gasteiger partial charge on any atom is 0.339 e. The summed E-state index contributed by atoms with van der Waals surface area (Å²) < 4.78 is 5.40. The molecule has 0 amide bonds. The van der Waals surface area contributed by atoms with E-state index in [1.165, 1.54) is 16.9 Å².